The average Bonchev–Trinajstić information content (AvgIpc) is 3.31. The SMILES string of the molecule is CC(=O)c1cccc(NC(=O)COC(=O)Cn2nnc(-c3ccsc3)n2)c1. The van der Waals surface area contributed by atoms with E-state index in [0.717, 1.165) is 10.4 Å². The molecule has 2 aromatic heterocycles. The largest absolute Gasteiger partial charge is 0.454 e. The van der Waals surface area contributed by atoms with Gasteiger partial charge in [0.15, 0.2) is 18.9 Å². The number of carbonyl (C=O) groups excluding carboxylic acids is 3. The molecule has 1 amide bonds. The van der Waals surface area contributed by atoms with Crippen LogP contribution in [-0.2, 0) is 20.9 Å². The van der Waals surface area contributed by atoms with Crippen LogP contribution in [0.1, 0.15) is 17.3 Å². The molecule has 1 aromatic carbocycles. The van der Waals surface area contributed by atoms with E-state index in [1.807, 2.05) is 16.8 Å². The van der Waals surface area contributed by atoms with Crippen LogP contribution in [0.4, 0.5) is 5.69 Å². The lowest BCUT2D eigenvalue weighted by Crippen LogP contribution is -2.23. The number of tetrazole rings is 1. The molecule has 3 rings (SSSR count). The molecule has 1 N–H and O–H groups in total. The predicted molar refractivity (Wildman–Crippen MR) is 97.2 cm³/mol. The Balaban J connectivity index is 1.48. The molecule has 0 saturated carbocycles. The molecular weight excluding hydrogens is 370 g/mol. The minimum atomic E-state index is -0.670. The maximum absolute atomic E-state index is 11.9. The van der Waals surface area contributed by atoms with Crippen LogP contribution in [0.3, 0.4) is 0 Å². The highest BCUT2D eigenvalue weighted by molar-refractivity contribution is 7.08. The van der Waals surface area contributed by atoms with Crippen molar-refractivity contribution in [2.24, 2.45) is 0 Å². The number of esters is 1. The second kappa shape index (κ2) is 8.32. The zero-order valence-electron chi connectivity index (χ0n) is 14.3. The fourth-order valence-electron chi connectivity index (χ4n) is 2.14. The van der Waals surface area contributed by atoms with Gasteiger partial charge in [-0.25, -0.2) is 4.79 Å². The van der Waals surface area contributed by atoms with Gasteiger partial charge in [-0.15, -0.1) is 10.2 Å². The highest BCUT2D eigenvalue weighted by Gasteiger charge is 2.12. The Morgan fingerprint density at radius 3 is 2.85 bits per heavy atom. The number of ketones is 1. The smallest absolute Gasteiger partial charge is 0.330 e. The Labute approximate surface area is 158 Å². The van der Waals surface area contributed by atoms with Gasteiger partial charge in [-0.3, -0.25) is 9.59 Å². The summed E-state index contributed by atoms with van der Waals surface area (Å²) in [4.78, 5) is 36.2. The second-order valence-electron chi connectivity index (χ2n) is 5.50. The molecule has 3 aromatic rings. The van der Waals surface area contributed by atoms with Crippen molar-refractivity contribution >= 4 is 34.7 Å². The summed E-state index contributed by atoms with van der Waals surface area (Å²) in [5.74, 6) is -0.890. The number of anilines is 1. The number of amides is 1. The summed E-state index contributed by atoms with van der Waals surface area (Å²) in [7, 11) is 0. The molecule has 0 saturated heterocycles. The Morgan fingerprint density at radius 1 is 1.26 bits per heavy atom. The van der Waals surface area contributed by atoms with Gasteiger partial charge in [0.25, 0.3) is 5.91 Å². The summed E-state index contributed by atoms with van der Waals surface area (Å²) < 4.78 is 4.91. The number of rotatable bonds is 7. The van der Waals surface area contributed by atoms with Crippen molar-refractivity contribution in [3.63, 3.8) is 0 Å². The standard InChI is InChI=1S/C17H15N5O4S/c1-11(23)12-3-2-4-14(7-12)18-15(24)9-26-16(25)8-22-20-17(19-21-22)13-5-6-27-10-13/h2-7,10H,8-9H2,1H3,(H,18,24). The summed E-state index contributed by atoms with van der Waals surface area (Å²) in [5.41, 5.74) is 1.73. The number of hydrogen-bond donors (Lipinski definition) is 1. The Hall–Kier alpha value is -3.40. The molecule has 9 nitrogen and oxygen atoms in total. The summed E-state index contributed by atoms with van der Waals surface area (Å²) in [6.45, 7) is 0.712. The van der Waals surface area contributed by atoms with Crippen molar-refractivity contribution < 1.29 is 19.1 Å². The van der Waals surface area contributed by atoms with E-state index >= 15 is 0 Å². The number of nitrogens with zero attached hydrogens (tertiary/aromatic N) is 4. The molecule has 138 valence electrons. The van der Waals surface area contributed by atoms with Crippen LogP contribution >= 0.6 is 11.3 Å². The van der Waals surface area contributed by atoms with Crippen LogP contribution in [0.25, 0.3) is 11.4 Å². The first kappa shape index (κ1) is 18.4. The molecule has 0 aliphatic heterocycles. The minimum absolute atomic E-state index is 0.111. The zero-order chi connectivity index (χ0) is 19.2. The van der Waals surface area contributed by atoms with Crippen LogP contribution in [0, 0.1) is 0 Å². The van der Waals surface area contributed by atoms with Gasteiger partial charge in [-0.05, 0) is 35.7 Å². The van der Waals surface area contributed by atoms with E-state index in [0.29, 0.717) is 17.1 Å². The molecule has 0 atom stereocenters. The van der Waals surface area contributed by atoms with Crippen molar-refractivity contribution in [1.29, 1.82) is 0 Å². The van der Waals surface area contributed by atoms with Gasteiger partial charge in [0, 0.05) is 22.2 Å². The number of Topliss-reactive ketones (excluding diaryl/α,β-unsaturated/α-hetero) is 1. The van der Waals surface area contributed by atoms with Crippen LogP contribution in [0.5, 0.6) is 0 Å². The summed E-state index contributed by atoms with van der Waals surface area (Å²) in [5, 5.41) is 18.0. The monoisotopic (exact) mass is 385 g/mol. The van der Waals surface area contributed by atoms with Gasteiger partial charge in [0.05, 0.1) is 0 Å². The van der Waals surface area contributed by atoms with E-state index in [-0.39, 0.29) is 12.3 Å². The zero-order valence-corrected chi connectivity index (χ0v) is 15.1. The number of aromatic nitrogens is 4. The van der Waals surface area contributed by atoms with Crippen molar-refractivity contribution in [2.75, 3.05) is 11.9 Å². The second-order valence-corrected chi connectivity index (χ2v) is 6.28. The third-order valence-corrected chi connectivity index (χ3v) is 4.10. The lowest BCUT2D eigenvalue weighted by Gasteiger charge is -2.07. The molecule has 27 heavy (non-hydrogen) atoms. The summed E-state index contributed by atoms with van der Waals surface area (Å²) in [6.07, 6.45) is 0. The van der Waals surface area contributed by atoms with Gasteiger partial charge in [-0.1, -0.05) is 12.1 Å². The normalized spacial score (nSPS) is 10.4. The molecular formula is C17H15N5O4S. The first-order valence-corrected chi connectivity index (χ1v) is 8.82. The van der Waals surface area contributed by atoms with Crippen molar-refractivity contribution in [3.05, 3.63) is 46.7 Å². The molecule has 0 radical (unpaired) electrons. The first-order valence-electron chi connectivity index (χ1n) is 7.88. The Bertz CT molecular complexity index is 967. The topological polar surface area (TPSA) is 116 Å². The van der Waals surface area contributed by atoms with Crippen LogP contribution < -0.4 is 5.32 Å². The van der Waals surface area contributed by atoms with Gasteiger partial charge in [-0.2, -0.15) is 16.1 Å². The van der Waals surface area contributed by atoms with Gasteiger partial charge in [0.1, 0.15) is 0 Å². The molecule has 10 heteroatoms. The maximum atomic E-state index is 11.9. The molecule has 0 fully saturated rings. The van der Waals surface area contributed by atoms with E-state index in [2.05, 4.69) is 20.7 Å². The predicted octanol–water partition coefficient (Wildman–Crippen LogP) is 1.79. The van der Waals surface area contributed by atoms with E-state index in [1.54, 1.807) is 24.3 Å². The number of hydrogen-bond acceptors (Lipinski definition) is 8. The first-order chi connectivity index (χ1) is 13.0. The number of thiophene rings is 1. The fourth-order valence-corrected chi connectivity index (χ4v) is 2.77. The molecule has 2 heterocycles. The van der Waals surface area contributed by atoms with Gasteiger partial charge < -0.3 is 10.1 Å². The van der Waals surface area contributed by atoms with Gasteiger partial charge >= 0.3 is 5.97 Å². The molecule has 0 bridgehead atoms. The third kappa shape index (κ3) is 5.05. The quantitative estimate of drug-likeness (QED) is 0.487. The highest BCUT2D eigenvalue weighted by atomic mass is 32.1. The average molecular weight is 385 g/mol. The Kier molecular flexibility index (Phi) is 5.67. The summed E-state index contributed by atoms with van der Waals surface area (Å²) in [6, 6.07) is 8.33. The molecule has 0 spiro atoms. The van der Waals surface area contributed by atoms with E-state index in [1.165, 1.54) is 18.3 Å². The molecule has 0 unspecified atom stereocenters. The highest BCUT2D eigenvalue weighted by Crippen LogP contribution is 2.16. The third-order valence-electron chi connectivity index (χ3n) is 3.42. The minimum Gasteiger partial charge on any atom is -0.454 e. The van der Waals surface area contributed by atoms with E-state index in [4.69, 9.17) is 4.74 Å². The van der Waals surface area contributed by atoms with Crippen LogP contribution in [0.2, 0.25) is 0 Å². The number of carbonyl (C=O) groups is 3. The number of ether oxygens (including phenoxy) is 1. The number of benzene rings is 1. The van der Waals surface area contributed by atoms with Crippen molar-refractivity contribution in [1.82, 2.24) is 20.2 Å². The summed E-state index contributed by atoms with van der Waals surface area (Å²) >= 11 is 1.50. The van der Waals surface area contributed by atoms with E-state index in [9.17, 15) is 14.4 Å². The molecule has 0 aliphatic carbocycles. The Morgan fingerprint density at radius 2 is 2.11 bits per heavy atom. The van der Waals surface area contributed by atoms with Crippen molar-refractivity contribution in [3.8, 4) is 11.4 Å². The lowest BCUT2D eigenvalue weighted by atomic mass is 10.1. The van der Waals surface area contributed by atoms with Gasteiger partial charge in [0.2, 0.25) is 5.82 Å². The van der Waals surface area contributed by atoms with Crippen LogP contribution in [-0.4, -0.2) is 44.5 Å². The van der Waals surface area contributed by atoms with Crippen molar-refractivity contribution in [2.45, 2.75) is 13.5 Å². The fraction of sp³-hybridized carbons (Fsp3) is 0.176. The van der Waals surface area contributed by atoms with E-state index < -0.39 is 18.5 Å². The molecule has 0 aliphatic rings. The maximum Gasteiger partial charge on any atom is 0.330 e. The van der Waals surface area contributed by atoms with Crippen LogP contribution in [0.15, 0.2) is 41.1 Å². The lowest BCUT2D eigenvalue weighted by molar-refractivity contribution is -0.148. The number of nitrogens with one attached hydrogen (secondary N) is 1.